The van der Waals surface area contributed by atoms with E-state index in [1.165, 1.54) is 30.8 Å². The first-order valence-electron chi connectivity index (χ1n) is 5.15. The van der Waals surface area contributed by atoms with Gasteiger partial charge in [-0.3, -0.25) is 5.10 Å². The van der Waals surface area contributed by atoms with Crippen LogP contribution in [0.15, 0.2) is 6.07 Å². The van der Waals surface area contributed by atoms with Gasteiger partial charge in [-0.1, -0.05) is 6.92 Å². The van der Waals surface area contributed by atoms with Crippen molar-refractivity contribution < 1.29 is 0 Å². The lowest BCUT2D eigenvalue weighted by atomic mass is 9.96. The highest BCUT2D eigenvalue weighted by atomic mass is 15.1. The van der Waals surface area contributed by atoms with E-state index in [1.54, 1.807) is 0 Å². The second-order valence-electron chi connectivity index (χ2n) is 3.71. The molecule has 0 unspecified atom stereocenters. The number of aromatic nitrogens is 2. The number of nitrogens with zero attached hydrogens (tertiary/aromatic N) is 1. The quantitative estimate of drug-likeness (QED) is 0.721. The lowest BCUT2D eigenvalue weighted by molar-refractivity contribution is 0.454. The Hall–Kier alpha value is -0.830. The molecule has 0 bridgehead atoms. The standard InChI is InChI=1S/C10H17N3/c1-2-9-6-10(13-12-9)8-4-3-5-11-7-8/h6,8,11H,2-5,7H2,1H3,(H,12,13)/t8-/m1/s1. The van der Waals surface area contributed by atoms with Crippen molar-refractivity contribution in [1.29, 1.82) is 0 Å². The maximum absolute atomic E-state index is 4.35. The summed E-state index contributed by atoms with van der Waals surface area (Å²) in [7, 11) is 0. The van der Waals surface area contributed by atoms with Gasteiger partial charge < -0.3 is 5.32 Å². The first-order chi connectivity index (χ1) is 6.40. The Morgan fingerprint density at radius 3 is 3.15 bits per heavy atom. The van der Waals surface area contributed by atoms with E-state index >= 15 is 0 Å². The first-order valence-corrected chi connectivity index (χ1v) is 5.15. The van der Waals surface area contributed by atoms with Crippen molar-refractivity contribution in [3.8, 4) is 0 Å². The van der Waals surface area contributed by atoms with E-state index in [4.69, 9.17) is 0 Å². The minimum Gasteiger partial charge on any atom is -0.316 e. The van der Waals surface area contributed by atoms with Gasteiger partial charge in [0.15, 0.2) is 0 Å². The summed E-state index contributed by atoms with van der Waals surface area (Å²) in [6, 6.07) is 2.21. The molecule has 3 nitrogen and oxygen atoms in total. The van der Waals surface area contributed by atoms with Crippen LogP contribution in [-0.2, 0) is 6.42 Å². The molecule has 0 radical (unpaired) electrons. The zero-order chi connectivity index (χ0) is 9.10. The maximum atomic E-state index is 4.35. The highest BCUT2D eigenvalue weighted by Crippen LogP contribution is 2.21. The van der Waals surface area contributed by atoms with E-state index in [1.807, 2.05) is 0 Å². The third kappa shape index (κ3) is 1.91. The van der Waals surface area contributed by atoms with Gasteiger partial charge >= 0.3 is 0 Å². The van der Waals surface area contributed by atoms with E-state index < -0.39 is 0 Å². The molecule has 0 aliphatic carbocycles. The number of piperidine rings is 1. The Kier molecular flexibility index (Phi) is 2.64. The van der Waals surface area contributed by atoms with E-state index in [0.29, 0.717) is 5.92 Å². The Morgan fingerprint density at radius 2 is 2.54 bits per heavy atom. The Balaban J connectivity index is 2.05. The van der Waals surface area contributed by atoms with Crippen LogP contribution in [0, 0.1) is 0 Å². The Morgan fingerprint density at radius 1 is 1.62 bits per heavy atom. The van der Waals surface area contributed by atoms with Gasteiger partial charge in [0.25, 0.3) is 0 Å². The van der Waals surface area contributed by atoms with E-state index in [0.717, 1.165) is 13.0 Å². The normalized spacial score (nSPS) is 23.3. The minimum atomic E-state index is 0.630. The van der Waals surface area contributed by atoms with Crippen molar-refractivity contribution in [2.75, 3.05) is 13.1 Å². The fourth-order valence-electron chi connectivity index (χ4n) is 1.87. The predicted octanol–water partition coefficient (Wildman–Crippen LogP) is 1.44. The molecule has 0 saturated carbocycles. The van der Waals surface area contributed by atoms with Gasteiger partial charge in [0.2, 0.25) is 0 Å². The average Bonchev–Trinajstić information content (AvgIpc) is 2.67. The van der Waals surface area contributed by atoms with Gasteiger partial charge in [0, 0.05) is 18.2 Å². The number of aromatic amines is 1. The van der Waals surface area contributed by atoms with Crippen LogP contribution in [0.2, 0.25) is 0 Å². The van der Waals surface area contributed by atoms with Crippen LogP contribution in [0.5, 0.6) is 0 Å². The molecule has 1 saturated heterocycles. The fraction of sp³-hybridized carbons (Fsp3) is 0.700. The maximum Gasteiger partial charge on any atom is 0.0668 e. The van der Waals surface area contributed by atoms with Crippen molar-refractivity contribution >= 4 is 0 Å². The van der Waals surface area contributed by atoms with Crippen LogP contribution in [-0.4, -0.2) is 23.3 Å². The van der Waals surface area contributed by atoms with Crippen molar-refractivity contribution in [2.24, 2.45) is 0 Å². The summed E-state index contributed by atoms with van der Waals surface area (Å²) in [5.74, 6) is 0.630. The summed E-state index contributed by atoms with van der Waals surface area (Å²) < 4.78 is 0. The largest absolute Gasteiger partial charge is 0.316 e. The second-order valence-corrected chi connectivity index (χ2v) is 3.71. The van der Waals surface area contributed by atoms with Gasteiger partial charge in [-0.15, -0.1) is 0 Å². The molecule has 1 aromatic heterocycles. The molecule has 0 amide bonds. The number of nitrogens with one attached hydrogen (secondary N) is 2. The van der Waals surface area contributed by atoms with Crippen molar-refractivity contribution in [3.05, 3.63) is 17.5 Å². The molecule has 2 heterocycles. The summed E-state index contributed by atoms with van der Waals surface area (Å²) in [6.07, 6.45) is 3.60. The zero-order valence-electron chi connectivity index (χ0n) is 8.14. The molecule has 1 fully saturated rings. The Labute approximate surface area is 78.9 Å². The highest BCUT2D eigenvalue weighted by Gasteiger charge is 2.17. The van der Waals surface area contributed by atoms with Gasteiger partial charge in [0.05, 0.1) is 5.69 Å². The third-order valence-electron chi connectivity index (χ3n) is 2.75. The number of rotatable bonds is 2. The van der Waals surface area contributed by atoms with Crippen LogP contribution in [0.3, 0.4) is 0 Å². The Bertz CT molecular complexity index is 261. The average molecular weight is 179 g/mol. The van der Waals surface area contributed by atoms with Crippen molar-refractivity contribution in [2.45, 2.75) is 32.1 Å². The third-order valence-corrected chi connectivity index (χ3v) is 2.75. The minimum absolute atomic E-state index is 0.630. The lowest BCUT2D eigenvalue weighted by Crippen LogP contribution is -2.28. The second kappa shape index (κ2) is 3.92. The van der Waals surface area contributed by atoms with E-state index in [-0.39, 0.29) is 0 Å². The molecule has 2 rings (SSSR count). The molecule has 13 heavy (non-hydrogen) atoms. The summed E-state index contributed by atoms with van der Waals surface area (Å²) in [4.78, 5) is 0. The topological polar surface area (TPSA) is 40.7 Å². The van der Waals surface area contributed by atoms with Gasteiger partial charge in [-0.2, -0.15) is 5.10 Å². The van der Waals surface area contributed by atoms with Crippen LogP contribution >= 0.6 is 0 Å². The highest BCUT2D eigenvalue weighted by molar-refractivity contribution is 5.14. The number of aryl methyl sites for hydroxylation is 1. The van der Waals surface area contributed by atoms with Crippen LogP contribution in [0.25, 0.3) is 0 Å². The number of hydrogen-bond donors (Lipinski definition) is 2. The molecule has 0 aromatic carbocycles. The fourth-order valence-corrected chi connectivity index (χ4v) is 1.87. The number of hydrogen-bond acceptors (Lipinski definition) is 2. The molecule has 1 atom stereocenters. The summed E-state index contributed by atoms with van der Waals surface area (Å²) in [6.45, 7) is 4.41. The van der Waals surface area contributed by atoms with Gasteiger partial charge in [0.1, 0.15) is 0 Å². The number of H-pyrrole nitrogens is 1. The van der Waals surface area contributed by atoms with E-state index in [9.17, 15) is 0 Å². The summed E-state index contributed by atoms with van der Waals surface area (Å²) in [5.41, 5.74) is 2.49. The van der Waals surface area contributed by atoms with E-state index in [2.05, 4.69) is 28.5 Å². The molecule has 1 aromatic rings. The molecule has 1 aliphatic rings. The van der Waals surface area contributed by atoms with Crippen molar-refractivity contribution in [1.82, 2.24) is 15.5 Å². The molecular formula is C10H17N3. The monoisotopic (exact) mass is 179 g/mol. The van der Waals surface area contributed by atoms with Crippen molar-refractivity contribution in [3.63, 3.8) is 0 Å². The zero-order valence-corrected chi connectivity index (χ0v) is 8.14. The van der Waals surface area contributed by atoms with Crippen LogP contribution < -0.4 is 5.32 Å². The van der Waals surface area contributed by atoms with Gasteiger partial charge in [-0.25, -0.2) is 0 Å². The van der Waals surface area contributed by atoms with Crippen LogP contribution in [0.1, 0.15) is 37.1 Å². The molecular weight excluding hydrogens is 162 g/mol. The smallest absolute Gasteiger partial charge is 0.0668 e. The SMILES string of the molecule is CCc1cc([C@@H]2CCCNC2)n[nH]1. The molecule has 3 heteroatoms. The molecule has 0 spiro atoms. The molecule has 72 valence electrons. The van der Waals surface area contributed by atoms with Crippen LogP contribution in [0.4, 0.5) is 0 Å². The van der Waals surface area contributed by atoms with Gasteiger partial charge in [-0.05, 0) is 31.9 Å². The predicted molar refractivity (Wildman–Crippen MR) is 52.8 cm³/mol. The summed E-state index contributed by atoms with van der Waals surface area (Å²) in [5, 5.41) is 10.8. The molecule has 1 aliphatic heterocycles. The lowest BCUT2D eigenvalue weighted by Gasteiger charge is -2.20. The summed E-state index contributed by atoms with van der Waals surface area (Å²) >= 11 is 0. The molecule has 2 N–H and O–H groups in total. The first kappa shape index (κ1) is 8.75.